The summed E-state index contributed by atoms with van der Waals surface area (Å²) in [6.45, 7) is 0.860. The van der Waals surface area contributed by atoms with Gasteiger partial charge in [-0.05, 0) is 23.8 Å². The minimum atomic E-state index is -0.531. The highest BCUT2D eigenvalue weighted by molar-refractivity contribution is 6.31. The van der Waals surface area contributed by atoms with Crippen LogP contribution < -0.4 is 9.47 Å². The Morgan fingerprint density at radius 2 is 1.90 bits per heavy atom. The third-order valence-electron chi connectivity index (χ3n) is 3.25. The normalized spacial score (nSPS) is 13.0. The zero-order chi connectivity index (χ0) is 14.8. The molecule has 3 nitrogen and oxygen atoms in total. The highest BCUT2D eigenvalue weighted by Gasteiger charge is 2.21. The molecule has 3 rings (SSSR count). The van der Waals surface area contributed by atoms with Crippen LogP contribution in [-0.2, 0) is 6.42 Å². The van der Waals surface area contributed by atoms with Gasteiger partial charge in [-0.2, -0.15) is 0 Å². The number of Topliss-reactive ketones (excluding diaryl/α,β-unsaturated/α-hetero) is 1. The number of carbonyl (C=O) groups excluding carboxylic acids is 1. The van der Waals surface area contributed by atoms with E-state index in [1.54, 1.807) is 24.3 Å². The summed E-state index contributed by atoms with van der Waals surface area (Å²) in [6, 6.07) is 9.58. The van der Waals surface area contributed by atoms with Crippen LogP contribution in [0.2, 0.25) is 5.02 Å². The van der Waals surface area contributed by atoms with E-state index in [1.165, 1.54) is 12.1 Å². The third kappa shape index (κ3) is 2.72. The molecule has 21 heavy (non-hydrogen) atoms. The Morgan fingerprint density at radius 3 is 2.76 bits per heavy atom. The van der Waals surface area contributed by atoms with Gasteiger partial charge in [0.2, 0.25) is 0 Å². The van der Waals surface area contributed by atoms with Gasteiger partial charge in [-0.25, -0.2) is 4.39 Å². The van der Waals surface area contributed by atoms with Gasteiger partial charge < -0.3 is 9.47 Å². The molecule has 0 N–H and O–H groups in total. The van der Waals surface area contributed by atoms with Crippen molar-refractivity contribution in [2.75, 3.05) is 13.2 Å². The Morgan fingerprint density at radius 1 is 1.14 bits per heavy atom. The fraction of sp³-hybridized carbons (Fsp3) is 0.188. The van der Waals surface area contributed by atoms with E-state index in [-0.39, 0.29) is 17.2 Å². The molecule has 0 aliphatic carbocycles. The lowest BCUT2D eigenvalue weighted by Crippen LogP contribution is -2.18. The number of hydrogen-bond acceptors (Lipinski definition) is 3. The summed E-state index contributed by atoms with van der Waals surface area (Å²) in [7, 11) is 0. The monoisotopic (exact) mass is 306 g/mol. The van der Waals surface area contributed by atoms with Crippen molar-refractivity contribution in [3.63, 3.8) is 0 Å². The summed E-state index contributed by atoms with van der Waals surface area (Å²) in [5.74, 6) is 0.278. The second-order valence-electron chi connectivity index (χ2n) is 4.64. The van der Waals surface area contributed by atoms with Crippen molar-refractivity contribution in [1.29, 1.82) is 0 Å². The molecule has 0 saturated heterocycles. The number of benzene rings is 2. The number of fused-ring (bicyclic) bond motifs is 1. The first kappa shape index (κ1) is 13.9. The van der Waals surface area contributed by atoms with E-state index < -0.39 is 5.82 Å². The maximum absolute atomic E-state index is 13.4. The lowest BCUT2D eigenvalue weighted by Gasteiger charge is -2.20. The first-order chi connectivity index (χ1) is 10.2. The molecule has 2 aromatic rings. The molecule has 0 aromatic heterocycles. The van der Waals surface area contributed by atoms with E-state index in [1.807, 2.05) is 0 Å². The summed E-state index contributed by atoms with van der Waals surface area (Å²) >= 11 is 5.88. The van der Waals surface area contributed by atoms with Crippen LogP contribution in [-0.4, -0.2) is 19.0 Å². The van der Waals surface area contributed by atoms with Gasteiger partial charge in [-0.3, -0.25) is 4.79 Å². The van der Waals surface area contributed by atoms with Gasteiger partial charge in [0.25, 0.3) is 0 Å². The number of para-hydroxylation sites is 1. The first-order valence-corrected chi connectivity index (χ1v) is 6.89. The van der Waals surface area contributed by atoms with Crippen molar-refractivity contribution in [1.82, 2.24) is 0 Å². The number of ketones is 1. The molecule has 1 heterocycles. The summed E-state index contributed by atoms with van der Waals surface area (Å²) in [5.41, 5.74) is 0.878. The Kier molecular flexibility index (Phi) is 3.80. The molecule has 0 bridgehead atoms. The van der Waals surface area contributed by atoms with Gasteiger partial charge >= 0.3 is 0 Å². The molecule has 1 aliphatic rings. The van der Waals surface area contributed by atoms with Crippen molar-refractivity contribution in [2.45, 2.75) is 6.42 Å². The van der Waals surface area contributed by atoms with Crippen molar-refractivity contribution in [3.8, 4) is 11.5 Å². The fourth-order valence-electron chi connectivity index (χ4n) is 2.25. The SMILES string of the molecule is O=C(Cc1cccc(F)c1Cl)c1cccc2c1OCCO2. The average molecular weight is 307 g/mol. The van der Waals surface area contributed by atoms with Gasteiger partial charge in [-0.1, -0.05) is 29.8 Å². The Balaban J connectivity index is 1.91. The highest BCUT2D eigenvalue weighted by Crippen LogP contribution is 2.34. The van der Waals surface area contributed by atoms with Gasteiger partial charge in [0, 0.05) is 6.42 Å². The quantitative estimate of drug-likeness (QED) is 0.812. The van der Waals surface area contributed by atoms with E-state index in [4.69, 9.17) is 21.1 Å². The molecule has 0 radical (unpaired) electrons. The standard InChI is InChI=1S/C16H12ClFO3/c17-15-10(3-1-5-12(15)18)9-13(19)11-4-2-6-14-16(11)21-8-7-20-14/h1-6H,7-9H2. The van der Waals surface area contributed by atoms with E-state index >= 15 is 0 Å². The maximum Gasteiger partial charge on any atom is 0.172 e. The summed E-state index contributed by atoms with van der Waals surface area (Å²) in [6.07, 6.45) is 0.0103. The topological polar surface area (TPSA) is 35.5 Å². The molecule has 2 aromatic carbocycles. The van der Waals surface area contributed by atoms with Gasteiger partial charge in [-0.15, -0.1) is 0 Å². The zero-order valence-corrected chi connectivity index (χ0v) is 11.8. The summed E-state index contributed by atoms with van der Waals surface area (Å²) < 4.78 is 24.4. The number of ether oxygens (including phenoxy) is 2. The molecule has 0 atom stereocenters. The number of halogens is 2. The number of carbonyl (C=O) groups is 1. The molecule has 1 aliphatic heterocycles. The summed E-state index contributed by atoms with van der Waals surface area (Å²) in [4.78, 5) is 12.4. The van der Waals surface area contributed by atoms with E-state index in [2.05, 4.69) is 0 Å². The molecule has 0 saturated carbocycles. The van der Waals surface area contributed by atoms with Crippen LogP contribution in [0.5, 0.6) is 11.5 Å². The van der Waals surface area contributed by atoms with Crippen molar-refractivity contribution in [3.05, 3.63) is 58.4 Å². The largest absolute Gasteiger partial charge is 0.486 e. The van der Waals surface area contributed by atoms with E-state index in [0.29, 0.717) is 35.8 Å². The van der Waals surface area contributed by atoms with Crippen LogP contribution in [0.3, 0.4) is 0 Å². The zero-order valence-electron chi connectivity index (χ0n) is 11.1. The molecule has 108 valence electrons. The maximum atomic E-state index is 13.4. The van der Waals surface area contributed by atoms with Crippen molar-refractivity contribution >= 4 is 17.4 Å². The minimum absolute atomic E-state index is 0.0103. The van der Waals surface area contributed by atoms with Crippen LogP contribution in [0.1, 0.15) is 15.9 Å². The Hall–Kier alpha value is -2.07. The Bertz CT molecular complexity index is 700. The van der Waals surface area contributed by atoms with Crippen LogP contribution in [0.15, 0.2) is 36.4 Å². The van der Waals surface area contributed by atoms with Crippen LogP contribution in [0.4, 0.5) is 4.39 Å². The fourth-order valence-corrected chi connectivity index (χ4v) is 2.44. The predicted molar refractivity (Wildman–Crippen MR) is 76.9 cm³/mol. The van der Waals surface area contributed by atoms with Crippen LogP contribution in [0.25, 0.3) is 0 Å². The lowest BCUT2D eigenvalue weighted by atomic mass is 10.0. The minimum Gasteiger partial charge on any atom is -0.486 e. The van der Waals surface area contributed by atoms with Gasteiger partial charge in [0.1, 0.15) is 19.0 Å². The van der Waals surface area contributed by atoms with Gasteiger partial charge in [0.05, 0.1) is 10.6 Å². The second kappa shape index (κ2) is 5.74. The average Bonchev–Trinajstić information content (AvgIpc) is 2.51. The number of rotatable bonds is 3. The molecule has 0 fully saturated rings. The molecule has 0 amide bonds. The number of hydrogen-bond donors (Lipinski definition) is 0. The molecule has 0 spiro atoms. The highest BCUT2D eigenvalue weighted by atomic mass is 35.5. The second-order valence-corrected chi connectivity index (χ2v) is 5.02. The smallest absolute Gasteiger partial charge is 0.172 e. The molecule has 5 heteroatoms. The first-order valence-electron chi connectivity index (χ1n) is 6.51. The van der Waals surface area contributed by atoms with Crippen LogP contribution >= 0.6 is 11.6 Å². The van der Waals surface area contributed by atoms with E-state index in [0.717, 1.165) is 0 Å². The van der Waals surface area contributed by atoms with Crippen molar-refractivity contribution in [2.24, 2.45) is 0 Å². The molecular weight excluding hydrogens is 295 g/mol. The van der Waals surface area contributed by atoms with E-state index in [9.17, 15) is 9.18 Å². The van der Waals surface area contributed by atoms with Crippen LogP contribution in [0, 0.1) is 5.82 Å². The summed E-state index contributed by atoms with van der Waals surface area (Å²) in [5, 5.41) is -0.0205. The molecule has 0 unspecified atom stereocenters. The third-order valence-corrected chi connectivity index (χ3v) is 3.67. The van der Waals surface area contributed by atoms with Gasteiger partial charge in [0.15, 0.2) is 17.3 Å². The van der Waals surface area contributed by atoms with Crippen molar-refractivity contribution < 1.29 is 18.7 Å². The lowest BCUT2D eigenvalue weighted by molar-refractivity contribution is 0.0981. The Labute approximate surface area is 126 Å². The molecular formula is C16H12ClFO3. The predicted octanol–water partition coefficient (Wildman–Crippen LogP) is 3.68.